The van der Waals surface area contributed by atoms with E-state index in [1.54, 1.807) is 35.3 Å². The van der Waals surface area contributed by atoms with Crippen molar-refractivity contribution >= 4 is 11.7 Å². The lowest BCUT2D eigenvalue weighted by Crippen LogP contribution is -2.14. The van der Waals surface area contributed by atoms with E-state index >= 15 is 0 Å². The normalized spacial score (nSPS) is 10.7. The Morgan fingerprint density at radius 2 is 1.92 bits per heavy atom. The van der Waals surface area contributed by atoms with Crippen molar-refractivity contribution in [2.45, 2.75) is 19.9 Å². The number of anilines is 1. The van der Waals surface area contributed by atoms with Crippen molar-refractivity contribution in [2.24, 2.45) is 0 Å². The molecule has 3 aromatic rings. The van der Waals surface area contributed by atoms with Crippen molar-refractivity contribution in [3.05, 3.63) is 77.2 Å². The summed E-state index contributed by atoms with van der Waals surface area (Å²) in [6.45, 7) is 2.62. The average molecular weight is 342 g/mol. The Labute approximate surface area is 143 Å². The largest absolute Gasteiger partial charge is 0.305 e. The molecule has 25 heavy (non-hydrogen) atoms. The predicted octanol–water partition coefficient (Wildman–Crippen LogP) is 3.42. The summed E-state index contributed by atoms with van der Waals surface area (Å²) < 4.78 is 27.8. The van der Waals surface area contributed by atoms with E-state index in [-0.39, 0.29) is 5.91 Å². The second-order valence-corrected chi connectivity index (χ2v) is 5.49. The van der Waals surface area contributed by atoms with Gasteiger partial charge in [0.25, 0.3) is 5.91 Å². The van der Waals surface area contributed by atoms with Crippen molar-refractivity contribution in [2.75, 3.05) is 5.32 Å². The second kappa shape index (κ2) is 7.21. The number of pyridine rings is 1. The molecule has 0 aliphatic heterocycles. The molecule has 3 rings (SSSR count). The van der Waals surface area contributed by atoms with E-state index in [0.29, 0.717) is 30.0 Å². The highest BCUT2D eigenvalue weighted by atomic mass is 19.2. The molecule has 0 atom stereocenters. The third kappa shape index (κ3) is 4.06. The molecule has 0 aliphatic carbocycles. The van der Waals surface area contributed by atoms with Gasteiger partial charge < -0.3 is 5.32 Å². The van der Waals surface area contributed by atoms with Crippen LogP contribution in [0.15, 0.2) is 48.8 Å². The monoisotopic (exact) mass is 342 g/mol. The Bertz CT molecular complexity index is 890. The zero-order chi connectivity index (χ0) is 17.8. The van der Waals surface area contributed by atoms with Crippen LogP contribution in [0.5, 0.6) is 0 Å². The Hall–Kier alpha value is -3.09. The third-order valence-electron chi connectivity index (χ3n) is 3.66. The van der Waals surface area contributed by atoms with Gasteiger partial charge >= 0.3 is 0 Å². The molecule has 0 spiro atoms. The molecule has 0 fully saturated rings. The van der Waals surface area contributed by atoms with Crippen LogP contribution in [-0.2, 0) is 13.0 Å². The average Bonchev–Trinajstić information content (AvgIpc) is 3.09. The highest BCUT2D eigenvalue weighted by Gasteiger charge is 2.10. The minimum absolute atomic E-state index is 0.314. The number of hydrogen-bond acceptors (Lipinski definition) is 3. The summed E-state index contributed by atoms with van der Waals surface area (Å²) in [7, 11) is 0. The van der Waals surface area contributed by atoms with Gasteiger partial charge in [0.15, 0.2) is 17.3 Å². The van der Waals surface area contributed by atoms with Crippen LogP contribution >= 0.6 is 0 Å². The number of nitrogens with one attached hydrogen (secondary N) is 1. The van der Waals surface area contributed by atoms with E-state index in [0.717, 1.165) is 17.7 Å². The number of nitrogens with zero attached hydrogens (tertiary/aromatic N) is 3. The fraction of sp³-hybridized carbons (Fsp3) is 0.167. The van der Waals surface area contributed by atoms with Gasteiger partial charge in [0.1, 0.15) is 5.82 Å². The smallest absolute Gasteiger partial charge is 0.277 e. The zero-order valence-corrected chi connectivity index (χ0v) is 13.5. The molecule has 0 unspecified atom stereocenters. The van der Waals surface area contributed by atoms with Gasteiger partial charge in [0, 0.05) is 18.9 Å². The zero-order valence-electron chi connectivity index (χ0n) is 13.5. The van der Waals surface area contributed by atoms with Gasteiger partial charge in [-0.05, 0) is 48.7 Å². The van der Waals surface area contributed by atoms with Gasteiger partial charge in [-0.15, -0.1) is 0 Å². The lowest BCUT2D eigenvalue weighted by molar-refractivity contribution is 0.102. The third-order valence-corrected chi connectivity index (χ3v) is 3.66. The fourth-order valence-corrected chi connectivity index (χ4v) is 2.33. The van der Waals surface area contributed by atoms with Gasteiger partial charge in [-0.1, -0.05) is 12.1 Å². The maximum Gasteiger partial charge on any atom is 0.277 e. The number of benzene rings is 1. The molecule has 0 bridgehead atoms. The highest BCUT2D eigenvalue weighted by molar-refractivity contribution is 6.02. The molecule has 2 aromatic heterocycles. The SMILES string of the molecule is CCn1ccc(C(=O)Nc2ccc(Cc3ccc(F)c(F)c3)cn2)n1. The lowest BCUT2D eigenvalue weighted by atomic mass is 10.1. The molecule has 0 saturated carbocycles. The number of carbonyl (C=O) groups excluding carboxylic acids is 1. The molecule has 0 radical (unpaired) electrons. The van der Waals surface area contributed by atoms with Crippen molar-refractivity contribution in [3.8, 4) is 0 Å². The molecule has 1 N–H and O–H groups in total. The molecule has 1 aromatic carbocycles. The molecular weight excluding hydrogens is 326 g/mol. The number of rotatable bonds is 5. The number of aromatic nitrogens is 3. The van der Waals surface area contributed by atoms with Crippen molar-refractivity contribution in [3.63, 3.8) is 0 Å². The van der Waals surface area contributed by atoms with Crippen LogP contribution in [0.2, 0.25) is 0 Å². The molecule has 2 heterocycles. The minimum Gasteiger partial charge on any atom is -0.305 e. The Morgan fingerprint density at radius 1 is 1.12 bits per heavy atom. The first kappa shape index (κ1) is 16.8. The van der Waals surface area contributed by atoms with Crippen molar-refractivity contribution in [1.29, 1.82) is 0 Å². The number of aryl methyl sites for hydroxylation is 1. The van der Waals surface area contributed by atoms with E-state index in [2.05, 4.69) is 15.4 Å². The minimum atomic E-state index is -0.874. The second-order valence-electron chi connectivity index (χ2n) is 5.49. The maximum atomic E-state index is 13.2. The first-order chi connectivity index (χ1) is 12.0. The first-order valence-electron chi connectivity index (χ1n) is 7.79. The standard InChI is InChI=1S/C18H16F2N4O/c1-2-24-8-7-16(23-24)18(25)22-17-6-4-13(11-21-17)9-12-3-5-14(19)15(20)10-12/h3-8,10-11H,2,9H2,1H3,(H,21,22,25). The quantitative estimate of drug-likeness (QED) is 0.773. The molecule has 5 nitrogen and oxygen atoms in total. The van der Waals surface area contributed by atoms with Crippen LogP contribution in [0.1, 0.15) is 28.5 Å². The number of amides is 1. The van der Waals surface area contributed by atoms with Gasteiger partial charge in [0.05, 0.1) is 0 Å². The van der Waals surface area contributed by atoms with E-state index in [1.165, 1.54) is 6.07 Å². The van der Waals surface area contributed by atoms with Gasteiger partial charge in [-0.2, -0.15) is 5.10 Å². The van der Waals surface area contributed by atoms with Crippen LogP contribution in [0, 0.1) is 11.6 Å². The molecular formula is C18H16F2N4O. The lowest BCUT2D eigenvalue weighted by Gasteiger charge is -2.05. The predicted molar refractivity (Wildman–Crippen MR) is 89.3 cm³/mol. The van der Waals surface area contributed by atoms with Crippen LogP contribution in [0.25, 0.3) is 0 Å². The number of hydrogen-bond donors (Lipinski definition) is 1. The van der Waals surface area contributed by atoms with Crippen LogP contribution < -0.4 is 5.32 Å². The summed E-state index contributed by atoms with van der Waals surface area (Å²) in [6, 6.07) is 8.85. The summed E-state index contributed by atoms with van der Waals surface area (Å²) in [5.41, 5.74) is 1.77. The summed E-state index contributed by atoms with van der Waals surface area (Å²) in [5, 5.41) is 6.79. The number of halogens is 2. The summed E-state index contributed by atoms with van der Waals surface area (Å²) in [4.78, 5) is 16.3. The molecule has 128 valence electrons. The van der Waals surface area contributed by atoms with Crippen LogP contribution in [-0.4, -0.2) is 20.7 Å². The van der Waals surface area contributed by atoms with Gasteiger partial charge in [-0.25, -0.2) is 13.8 Å². The van der Waals surface area contributed by atoms with E-state index in [9.17, 15) is 13.6 Å². The molecule has 7 heteroatoms. The Balaban J connectivity index is 1.65. The Morgan fingerprint density at radius 3 is 2.56 bits per heavy atom. The molecule has 1 amide bonds. The maximum absolute atomic E-state index is 13.2. The topological polar surface area (TPSA) is 59.8 Å². The first-order valence-corrected chi connectivity index (χ1v) is 7.79. The summed E-state index contributed by atoms with van der Waals surface area (Å²) >= 11 is 0. The van der Waals surface area contributed by atoms with Gasteiger partial charge in [-0.3, -0.25) is 9.48 Å². The summed E-state index contributed by atoms with van der Waals surface area (Å²) in [5.74, 6) is -1.69. The van der Waals surface area contributed by atoms with E-state index in [4.69, 9.17) is 0 Å². The Kier molecular flexibility index (Phi) is 4.83. The van der Waals surface area contributed by atoms with Crippen LogP contribution in [0.4, 0.5) is 14.6 Å². The van der Waals surface area contributed by atoms with Crippen molar-refractivity contribution < 1.29 is 13.6 Å². The molecule has 0 aliphatic rings. The van der Waals surface area contributed by atoms with Crippen molar-refractivity contribution in [1.82, 2.24) is 14.8 Å². The van der Waals surface area contributed by atoms with Crippen LogP contribution in [0.3, 0.4) is 0 Å². The highest BCUT2D eigenvalue weighted by Crippen LogP contribution is 2.14. The van der Waals surface area contributed by atoms with E-state index < -0.39 is 11.6 Å². The molecule has 0 saturated heterocycles. The summed E-state index contributed by atoms with van der Waals surface area (Å²) in [6.07, 6.45) is 3.73. The number of carbonyl (C=O) groups is 1. The fourth-order valence-electron chi connectivity index (χ4n) is 2.33. The van der Waals surface area contributed by atoms with E-state index in [1.807, 2.05) is 6.92 Å². The van der Waals surface area contributed by atoms with Gasteiger partial charge in [0.2, 0.25) is 0 Å².